The molecule has 0 radical (unpaired) electrons. The molecule has 0 saturated heterocycles. The van der Waals surface area contributed by atoms with Gasteiger partial charge >= 0.3 is 5.97 Å². The van der Waals surface area contributed by atoms with Crippen molar-refractivity contribution in [3.63, 3.8) is 0 Å². The summed E-state index contributed by atoms with van der Waals surface area (Å²) in [5.74, 6) is -1.00. The number of hydrogen-bond acceptors (Lipinski definition) is 3. The second-order valence-corrected chi connectivity index (χ2v) is 4.20. The zero-order chi connectivity index (χ0) is 12.3. The van der Waals surface area contributed by atoms with Crippen LogP contribution < -0.4 is 0 Å². The average Bonchev–Trinajstić information content (AvgIpc) is 2.26. The maximum Gasteiger partial charge on any atom is 0.338 e. The molecule has 16 heavy (non-hydrogen) atoms. The summed E-state index contributed by atoms with van der Waals surface area (Å²) in [6.45, 7) is 1.52. The second-order valence-electron chi connectivity index (χ2n) is 3.13. The SMILES string of the molecule is COC(=O)c1cccc(Cl)c1C(=O)C(C)Cl. The summed E-state index contributed by atoms with van der Waals surface area (Å²) in [5.41, 5.74) is 0.242. The highest BCUT2D eigenvalue weighted by Gasteiger charge is 2.23. The van der Waals surface area contributed by atoms with Crippen molar-refractivity contribution in [2.24, 2.45) is 0 Å². The predicted octanol–water partition coefficient (Wildman–Crippen LogP) is 2.94. The molecule has 1 atom stereocenters. The molecule has 0 saturated carbocycles. The van der Waals surface area contributed by atoms with Crippen molar-refractivity contribution in [3.8, 4) is 0 Å². The van der Waals surface area contributed by atoms with Crippen LogP contribution in [0.4, 0.5) is 0 Å². The minimum atomic E-state index is -0.747. The van der Waals surface area contributed by atoms with Crippen molar-refractivity contribution >= 4 is 35.0 Å². The topological polar surface area (TPSA) is 43.4 Å². The molecule has 0 N–H and O–H groups in total. The van der Waals surface area contributed by atoms with Crippen molar-refractivity contribution in [3.05, 3.63) is 34.3 Å². The Bertz CT molecular complexity index is 427. The number of methoxy groups -OCH3 is 1. The van der Waals surface area contributed by atoms with E-state index in [9.17, 15) is 9.59 Å². The zero-order valence-corrected chi connectivity index (χ0v) is 10.3. The van der Waals surface area contributed by atoms with Gasteiger partial charge in [-0.3, -0.25) is 4.79 Å². The summed E-state index contributed by atoms with van der Waals surface area (Å²) in [7, 11) is 1.24. The lowest BCUT2D eigenvalue weighted by Crippen LogP contribution is -2.17. The molecule has 5 heteroatoms. The van der Waals surface area contributed by atoms with Crippen LogP contribution in [0.5, 0.6) is 0 Å². The van der Waals surface area contributed by atoms with Gasteiger partial charge in [0, 0.05) is 0 Å². The smallest absolute Gasteiger partial charge is 0.338 e. The number of ketones is 1. The van der Waals surface area contributed by atoms with Gasteiger partial charge in [0.2, 0.25) is 0 Å². The molecule has 0 amide bonds. The van der Waals surface area contributed by atoms with E-state index in [2.05, 4.69) is 4.74 Å². The lowest BCUT2D eigenvalue weighted by Gasteiger charge is -2.09. The maximum atomic E-state index is 11.8. The van der Waals surface area contributed by atoms with Crippen LogP contribution in [-0.4, -0.2) is 24.2 Å². The molecule has 0 bridgehead atoms. The Labute approximate surface area is 103 Å². The van der Waals surface area contributed by atoms with Crippen molar-refractivity contribution in [1.82, 2.24) is 0 Å². The number of hydrogen-bond donors (Lipinski definition) is 0. The summed E-state index contributed by atoms with van der Waals surface area (Å²) >= 11 is 11.6. The van der Waals surface area contributed by atoms with E-state index in [0.29, 0.717) is 0 Å². The van der Waals surface area contributed by atoms with E-state index in [-0.39, 0.29) is 16.1 Å². The Morgan fingerprint density at radius 1 is 1.38 bits per heavy atom. The highest BCUT2D eigenvalue weighted by Crippen LogP contribution is 2.23. The van der Waals surface area contributed by atoms with Gasteiger partial charge in [0.25, 0.3) is 0 Å². The lowest BCUT2D eigenvalue weighted by atomic mass is 10.0. The molecule has 86 valence electrons. The first-order valence-electron chi connectivity index (χ1n) is 4.54. The first-order valence-corrected chi connectivity index (χ1v) is 5.35. The second kappa shape index (κ2) is 5.32. The van der Waals surface area contributed by atoms with Gasteiger partial charge < -0.3 is 4.74 Å². The standard InChI is InChI=1S/C11H10Cl2O3/c1-6(12)10(14)9-7(11(15)16-2)4-3-5-8(9)13/h3-6H,1-2H3. The minimum absolute atomic E-state index is 0.110. The number of halogens is 2. The normalized spacial score (nSPS) is 12.0. The van der Waals surface area contributed by atoms with E-state index in [4.69, 9.17) is 23.2 Å². The fourth-order valence-corrected chi connectivity index (χ4v) is 1.63. The van der Waals surface area contributed by atoms with Crippen LogP contribution in [0.1, 0.15) is 27.6 Å². The monoisotopic (exact) mass is 260 g/mol. The summed E-state index contributed by atoms with van der Waals surface area (Å²) in [6.07, 6.45) is 0. The minimum Gasteiger partial charge on any atom is -0.465 e. The maximum absolute atomic E-state index is 11.8. The number of carbonyl (C=O) groups is 2. The number of carbonyl (C=O) groups excluding carboxylic acids is 2. The van der Waals surface area contributed by atoms with Gasteiger partial charge in [0.1, 0.15) is 0 Å². The first kappa shape index (κ1) is 13.0. The molecular weight excluding hydrogens is 251 g/mol. The summed E-state index contributed by atoms with van der Waals surface area (Å²) < 4.78 is 4.57. The molecule has 1 rings (SSSR count). The third kappa shape index (κ3) is 2.54. The number of ether oxygens (including phenoxy) is 1. The third-order valence-corrected chi connectivity index (χ3v) is 2.54. The van der Waals surface area contributed by atoms with Gasteiger partial charge in [0.15, 0.2) is 5.78 Å². The predicted molar refractivity (Wildman–Crippen MR) is 62.4 cm³/mol. The van der Waals surface area contributed by atoms with Gasteiger partial charge in [-0.1, -0.05) is 17.7 Å². The molecule has 0 aromatic heterocycles. The molecule has 0 aliphatic heterocycles. The van der Waals surface area contributed by atoms with Crippen LogP contribution in [0.3, 0.4) is 0 Å². The Morgan fingerprint density at radius 3 is 2.50 bits per heavy atom. The molecule has 0 aliphatic rings. The van der Waals surface area contributed by atoms with E-state index in [0.717, 1.165) is 0 Å². The van der Waals surface area contributed by atoms with Gasteiger partial charge in [0.05, 0.1) is 28.6 Å². The zero-order valence-electron chi connectivity index (χ0n) is 8.79. The van der Waals surface area contributed by atoms with Gasteiger partial charge in [-0.15, -0.1) is 11.6 Å². The van der Waals surface area contributed by atoms with Crippen molar-refractivity contribution in [2.45, 2.75) is 12.3 Å². The van der Waals surface area contributed by atoms with Gasteiger partial charge in [-0.2, -0.15) is 0 Å². The molecule has 0 spiro atoms. The van der Waals surface area contributed by atoms with Gasteiger partial charge in [-0.05, 0) is 19.1 Å². The van der Waals surface area contributed by atoms with Crippen LogP contribution in [0, 0.1) is 0 Å². The molecule has 3 nitrogen and oxygen atoms in total. The number of esters is 1. The lowest BCUT2D eigenvalue weighted by molar-refractivity contribution is 0.0597. The Morgan fingerprint density at radius 2 is 2.00 bits per heavy atom. The molecule has 0 heterocycles. The highest BCUT2D eigenvalue weighted by molar-refractivity contribution is 6.39. The average molecular weight is 261 g/mol. The van der Waals surface area contributed by atoms with Crippen LogP contribution in [0.25, 0.3) is 0 Å². The number of Topliss-reactive ketones (excluding diaryl/α,β-unsaturated/α-hetero) is 1. The number of alkyl halides is 1. The fraction of sp³-hybridized carbons (Fsp3) is 0.273. The largest absolute Gasteiger partial charge is 0.465 e. The Hall–Kier alpha value is -1.06. The van der Waals surface area contributed by atoms with Crippen LogP contribution in [0.2, 0.25) is 5.02 Å². The molecule has 0 aliphatic carbocycles. The van der Waals surface area contributed by atoms with Crippen molar-refractivity contribution < 1.29 is 14.3 Å². The van der Waals surface area contributed by atoms with Crippen LogP contribution in [0.15, 0.2) is 18.2 Å². The van der Waals surface area contributed by atoms with E-state index in [1.807, 2.05) is 0 Å². The van der Waals surface area contributed by atoms with Gasteiger partial charge in [-0.25, -0.2) is 4.79 Å². The summed E-state index contributed by atoms with van der Waals surface area (Å²) in [4.78, 5) is 23.2. The quantitative estimate of drug-likeness (QED) is 0.477. The van der Waals surface area contributed by atoms with E-state index < -0.39 is 17.1 Å². The molecule has 1 unspecified atom stereocenters. The summed E-state index contributed by atoms with van der Waals surface area (Å²) in [5, 5.41) is -0.552. The first-order chi connectivity index (χ1) is 7.49. The van der Waals surface area contributed by atoms with Crippen LogP contribution in [-0.2, 0) is 4.74 Å². The summed E-state index contributed by atoms with van der Waals surface area (Å²) in [6, 6.07) is 4.58. The Kier molecular flexibility index (Phi) is 4.33. The van der Waals surface area contributed by atoms with E-state index in [1.54, 1.807) is 6.07 Å². The molecule has 1 aromatic carbocycles. The van der Waals surface area contributed by atoms with Crippen molar-refractivity contribution in [2.75, 3.05) is 7.11 Å². The third-order valence-electron chi connectivity index (χ3n) is 2.03. The molecule has 1 aromatic rings. The van der Waals surface area contributed by atoms with Crippen LogP contribution >= 0.6 is 23.2 Å². The number of benzene rings is 1. The van der Waals surface area contributed by atoms with Crippen molar-refractivity contribution in [1.29, 1.82) is 0 Å². The number of rotatable bonds is 3. The van der Waals surface area contributed by atoms with E-state index in [1.165, 1.54) is 26.2 Å². The fourth-order valence-electron chi connectivity index (χ4n) is 1.25. The highest BCUT2D eigenvalue weighted by atomic mass is 35.5. The van der Waals surface area contributed by atoms with E-state index >= 15 is 0 Å². The Balaban J connectivity index is 3.35. The molecule has 0 fully saturated rings. The molecular formula is C11H10Cl2O3.